The second-order valence-electron chi connectivity index (χ2n) is 8.58. The predicted molar refractivity (Wildman–Crippen MR) is 104 cm³/mol. The van der Waals surface area contributed by atoms with Gasteiger partial charge in [-0.15, -0.1) is 0 Å². The monoisotopic (exact) mass is 359 g/mol. The minimum Gasteiger partial charge on any atom is -0.379 e. The highest BCUT2D eigenvalue weighted by Crippen LogP contribution is 2.32. The van der Waals surface area contributed by atoms with Crippen LogP contribution in [0.3, 0.4) is 0 Å². The molecular formula is C20H33N5O. The SMILES string of the molecule is CC(C)(CNc1nc(CC2CC2)nc2c1CCNCC2)N1CCOCC1. The van der Waals surface area contributed by atoms with Gasteiger partial charge in [-0.1, -0.05) is 0 Å². The number of nitrogens with zero attached hydrogens (tertiary/aromatic N) is 3. The lowest BCUT2D eigenvalue weighted by molar-refractivity contribution is -0.00571. The van der Waals surface area contributed by atoms with E-state index in [1.807, 2.05) is 0 Å². The molecular weight excluding hydrogens is 326 g/mol. The fraction of sp³-hybridized carbons (Fsp3) is 0.800. The molecule has 0 amide bonds. The molecule has 0 bridgehead atoms. The van der Waals surface area contributed by atoms with Crippen molar-refractivity contribution < 1.29 is 4.74 Å². The van der Waals surface area contributed by atoms with Crippen molar-refractivity contribution in [3.8, 4) is 0 Å². The number of morpholine rings is 1. The summed E-state index contributed by atoms with van der Waals surface area (Å²) in [7, 11) is 0. The Morgan fingerprint density at radius 2 is 1.92 bits per heavy atom. The first kappa shape index (κ1) is 18.1. The second kappa shape index (κ2) is 7.79. The highest BCUT2D eigenvalue weighted by atomic mass is 16.5. The van der Waals surface area contributed by atoms with Gasteiger partial charge in [0, 0.05) is 50.1 Å². The molecule has 0 unspecified atom stereocenters. The highest BCUT2D eigenvalue weighted by Gasteiger charge is 2.29. The van der Waals surface area contributed by atoms with E-state index in [1.54, 1.807) is 0 Å². The van der Waals surface area contributed by atoms with Gasteiger partial charge in [-0.05, 0) is 45.6 Å². The predicted octanol–water partition coefficient (Wildman–Crippen LogP) is 1.64. The van der Waals surface area contributed by atoms with E-state index in [1.165, 1.54) is 24.1 Å². The molecule has 144 valence electrons. The van der Waals surface area contributed by atoms with Crippen LogP contribution in [0.1, 0.15) is 43.8 Å². The summed E-state index contributed by atoms with van der Waals surface area (Å²) in [6.45, 7) is 11.3. The number of fused-ring (bicyclic) bond motifs is 1. The van der Waals surface area contributed by atoms with Crippen LogP contribution in [-0.4, -0.2) is 66.3 Å². The molecule has 0 aromatic carbocycles. The van der Waals surface area contributed by atoms with Crippen LogP contribution in [0, 0.1) is 5.92 Å². The summed E-state index contributed by atoms with van der Waals surface area (Å²) in [5, 5.41) is 7.21. The number of nitrogens with one attached hydrogen (secondary N) is 2. The molecule has 0 atom stereocenters. The minimum atomic E-state index is 0.0846. The Labute approximate surface area is 157 Å². The van der Waals surface area contributed by atoms with Gasteiger partial charge in [0.25, 0.3) is 0 Å². The highest BCUT2D eigenvalue weighted by molar-refractivity contribution is 5.48. The van der Waals surface area contributed by atoms with E-state index in [9.17, 15) is 0 Å². The van der Waals surface area contributed by atoms with Crippen molar-refractivity contribution in [1.82, 2.24) is 20.2 Å². The zero-order valence-corrected chi connectivity index (χ0v) is 16.3. The third kappa shape index (κ3) is 4.35. The molecule has 1 aromatic heterocycles. The largest absolute Gasteiger partial charge is 0.379 e. The maximum Gasteiger partial charge on any atom is 0.133 e. The summed E-state index contributed by atoms with van der Waals surface area (Å²) in [5.41, 5.74) is 2.67. The average molecular weight is 360 g/mol. The molecule has 4 rings (SSSR count). The smallest absolute Gasteiger partial charge is 0.133 e. The summed E-state index contributed by atoms with van der Waals surface area (Å²) in [6, 6.07) is 0. The van der Waals surface area contributed by atoms with Crippen molar-refractivity contribution >= 4 is 5.82 Å². The molecule has 0 spiro atoms. The molecule has 2 fully saturated rings. The Balaban J connectivity index is 1.51. The normalized spacial score (nSPS) is 21.9. The van der Waals surface area contributed by atoms with Crippen molar-refractivity contribution in [1.29, 1.82) is 0 Å². The Morgan fingerprint density at radius 1 is 1.15 bits per heavy atom. The quantitative estimate of drug-likeness (QED) is 0.805. The van der Waals surface area contributed by atoms with Crippen LogP contribution in [0.15, 0.2) is 0 Å². The Kier molecular flexibility index (Phi) is 5.43. The van der Waals surface area contributed by atoms with E-state index in [-0.39, 0.29) is 5.54 Å². The van der Waals surface area contributed by atoms with Gasteiger partial charge in [0.15, 0.2) is 0 Å². The van der Waals surface area contributed by atoms with Gasteiger partial charge >= 0.3 is 0 Å². The van der Waals surface area contributed by atoms with Crippen LogP contribution in [0.5, 0.6) is 0 Å². The Bertz CT molecular complexity index is 623. The molecule has 1 saturated heterocycles. The van der Waals surface area contributed by atoms with E-state index >= 15 is 0 Å². The maximum absolute atomic E-state index is 5.51. The fourth-order valence-electron chi connectivity index (χ4n) is 3.99. The number of hydrogen-bond acceptors (Lipinski definition) is 6. The van der Waals surface area contributed by atoms with Gasteiger partial charge in [0.05, 0.1) is 18.9 Å². The Morgan fingerprint density at radius 3 is 2.69 bits per heavy atom. The van der Waals surface area contributed by atoms with Gasteiger partial charge < -0.3 is 15.4 Å². The molecule has 0 radical (unpaired) electrons. The standard InChI is InChI=1S/C20H33N5O/c1-20(2,25-9-11-26-12-10-25)14-22-19-16-5-7-21-8-6-17(16)23-18(24-19)13-15-3-4-15/h15,21H,3-14H2,1-2H3,(H,22,23,24). The first-order valence-electron chi connectivity index (χ1n) is 10.3. The number of rotatable bonds is 6. The first-order chi connectivity index (χ1) is 12.6. The summed E-state index contributed by atoms with van der Waals surface area (Å²) in [4.78, 5) is 12.4. The lowest BCUT2D eigenvalue weighted by Gasteiger charge is -2.41. The number of anilines is 1. The molecule has 1 aromatic rings. The average Bonchev–Trinajstić information content (AvgIpc) is 3.47. The van der Waals surface area contributed by atoms with Crippen LogP contribution in [0.4, 0.5) is 5.82 Å². The number of aromatic nitrogens is 2. The lowest BCUT2D eigenvalue weighted by Crippen LogP contribution is -2.53. The molecule has 6 heteroatoms. The third-order valence-electron chi connectivity index (χ3n) is 5.95. The lowest BCUT2D eigenvalue weighted by atomic mass is 10.0. The van der Waals surface area contributed by atoms with E-state index in [2.05, 4.69) is 29.4 Å². The minimum absolute atomic E-state index is 0.0846. The van der Waals surface area contributed by atoms with Crippen LogP contribution in [0.25, 0.3) is 0 Å². The second-order valence-corrected chi connectivity index (χ2v) is 8.58. The molecule has 6 nitrogen and oxygen atoms in total. The molecule has 26 heavy (non-hydrogen) atoms. The van der Waals surface area contributed by atoms with E-state index in [0.717, 1.165) is 82.8 Å². The topological polar surface area (TPSA) is 62.3 Å². The molecule has 2 N–H and O–H groups in total. The van der Waals surface area contributed by atoms with Crippen molar-refractivity contribution in [2.45, 2.75) is 51.5 Å². The van der Waals surface area contributed by atoms with Gasteiger partial charge in [0.1, 0.15) is 11.6 Å². The van der Waals surface area contributed by atoms with Crippen LogP contribution >= 0.6 is 0 Å². The fourth-order valence-corrected chi connectivity index (χ4v) is 3.99. The first-order valence-corrected chi connectivity index (χ1v) is 10.3. The maximum atomic E-state index is 5.51. The van der Waals surface area contributed by atoms with Gasteiger partial charge in [-0.3, -0.25) is 4.90 Å². The number of ether oxygens (including phenoxy) is 1. The van der Waals surface area contributed by atoms with Crippen molar-refractivity contribution in [3.63, 3.8) is 0 Å². The van der Waals surface area contributed by atoms with Crippen molar-refractivity contribution in [2.75, 3.05) is 51.3 Å². The summed E-state index contributed by atoms with van der Waals surface area (Å²) >= 11 is 0. The molecule has 2 aliphatic heterocycles. The molecule has 3 aliphatic rings. The van der Waals surface area contributed by atoms with Crippen molar-refractivity contribution in [2.24, 2.45) is 5.92 Å². The summed E-state index contributed by atoms with van der Waals surface area (Å²) in [5.74, 6) is 2.94. The van der Waals surface area contributed by atoms with E-state index in [4.69, 9.17) is 14.7 Å². The van der Waals surface area contributed by atoms with Gasteiger partial charge in [-0.2, -0.15) is 0 Å². The Hall–Kier alpha value is -1.24. The van der Waals surface area contributed by atoms with Crippen molar-refractivity contribution in [3.05, 3.63) is 17.1 Å². The van der Waals surface area contributed by atoms with Crippen LogP contribution in [0.2, 0.25) is 0 Å². The molecule has 1 aliphatic carbocycles. The number of hydrogen-bond donors (Lipinski definition) is 2. The summed E-state index contributed by atoms with van der Waals surface area (Å²) < 4.78 is 5.51. The zero-order chi connectivity index (χ0) is 18.0. The summed E-state index contributed by atoms with van der Waals surface area (Å²) in [6.07, 6.45) is 5.75. The zero-order valence-electron chi connectivity index (χ0n) is 16.3. The van der Waals surface area contributed by atoms with E-state index in [0.29, 0.717) is 0 Å². The van der Waals surface area contributed by atoms with E-state index < -0.39 is 0 Å². The van der Waals surface area contributed by atoms with Gasteiger partial charge in [0.2, 0.25) is 0 Å². The van der Waals surface area contributed by atoms with Gasteiger partial charge in [-0.25, -0.2) is 9.97 Å². The van der Waals surface area contributed by atoms with Crippen LogP contribution < -0.4 is 10.6 Å². The molecule has 1 saturated carbocycles. The van der Waals surface area contributed by atoms with Crippen LogP contribution in [-0.2, 0) is 24.0 Å². The third-order valence-corrected chi connectivity index (χ3v) is 5.95. The molecule has 3 heterocycles.